The molecule has 6 aromatic carbocycles. The molecule has 6 aromatic rings. The minimum Gasteiger partial charge on any atom is -0.550 e. The van der Waals surface area contributed by atoms with Crippen molar-refractivity contribution in [1.29, 1.82) is 0 Å². The third-order valence-corrected chi connectivity index (χ3v) is 15.5. The molecule has 12 heteroatoms. The first kappa shape index (κ1) is 44.7. The Bertz CT molecular complexity index is 1720. The third-order valence-electron chi connectivity index (χ3n) is 7.05. The number of carbonyl (C=O) groups is 2. The fourth-order valence-corrected chi connectivity index (χ4v) is 14.8. The number of nitroso groups, excluding NO2 is 2. The number of nitrogens with zero attached hydrogens (tertiary/aromatic N) is 3. The summed E-state index contributed by atoms with van der Waals surface area (Å²) in [4.78, 5) is 32.3. The molecule has 0 bridgehead atoms. The molecule has 0 aromatic heterocycles. The summed E-state index contributed by atoms with van der Waals surface area (Å²) in [6.07, 6.45) is 0. The summed E-state index contributed by atoms with van der Waals surface area (Å²) in [7, 11) is -4.99. The zero-order valence-corrected chi connectivity index (χ0v) is 31.3. The van der Waals surface area contributed by atoms with Crippen LogP contribution < -0.4 is 53.2 Å². The molecule has 0 saturated carbocycles. The summed E-state index contributed by atoms with van der Waals surface area (Å²) in [6.45, 7) is 1.94. The smallest absolute Gasteiger partial charge is 0.228 e. The minimum absolute atomic E-state index is 0. The molecule has 0 spiro atoms. The van der Waals surface area contributed by atoms with Gasteiger partial charge in [-0.25, -0.2) is 0 Å². The second-order valence-electron chi connectivity index (χ2n) is 10.4. The molecule has 0 aliphatic heterocycles. The second-order valence-corrected chi connectivity index (χ2v) is 16.7. The van der Waals surface area contributed by atoms with Gasteiger partial charge in [0.2, 0.25) is 7.41 Å². The predicted molar refractivity (Wildman–Crippen MR) is 205 cm³/mol. The number of carboxylic acid groups (broad SMARTS) is 2. The number of benzene rings is 6. The Hall–Kier alpha value is -5.36. The number of aliphatic carboxylic acids is 2. The first-order valence-electron chi connectivity index (χ1n) is 15.4. The zero-order chi connectivity index (χ0) is 37.5. The molecule has 0 amide bonds. The molecule has 2 radical (unpaired) electrons. The van der Waals surface area contributed by atoms with Crippen LogP contribution in [0.5, 0.6) is 0 Å². The van der Waals surface area contributed by atoms with Crippen molar-refractivity contribution >= 4 is 58.2 Å². The molecule has 0 aliphatic rings. The molecule has 6 rings (SSSR count). The number of rotatable bonds is 7. The minimum atomic E-state index is -2.50. The maximum absolute atomic E-state index is 8.89. The van der Waals surface area contributed by atoms with Crippen molar-refractivity contribution in [3.8, 4) is 0 Å². The molecular weight excluding hydrogens is 736 g/mol. The van der Waals surface area contributed by atoms with E-state index in [1.807, 2.05) is 0 Å². The van der Waals surface area contributed by atoms with E-state index in [4.69, 9.17) is 45.3 Å². The van der Waals surface area contributed by atoms with Crippen LogP contribution in [0.1, 0.15) is 13.8 Å². The monoisotopic (exact) mass is 772 g/mol. The maximum Gasteiger partial charge on any atom is 0.228 e. The van der Waals surface area contributed by atoms with Gasteiger partial charge in [0.15, 0.2) is 0 Å². The van der Waals surface area contributed by atoms with E-state index in [0.29, 0.717) is 0 Å². The summed E-state index contributed by atoms with van der Waals surface area (Å²) in [5.74, 6) is -2.17. The fraction of sp³-hybridized carbons (Fsp3) is 0.0500. The third kappa shape index (κ3) is 11.9. The molecule has 0 saturated heterocycles. The van der Waals surface area contributed by atoms with Crippen molar-refractivity contribution in [2.24, 2.45) is 4.52 Å². The summed E-state index contributed by atoms with van der Waals surface area (Å²) in [6, 6.07) is 65.7. The van der Waals surface area contributed by atoms with Crippen LogP contribution in [-0.4, -0.2) is 11.9 Å². The van der Waals surface area contributed by atoms with E-state index in [1.54, 1.807) is 0 Å². The van der Waals surface area contributed by atoms with Gasteiger partial charge in [0.05, 0.1) is 0 Å². The van der Waals surface area contributed by atoms with Gasteiger partial charge in [0.25, 0.3) is 0 Å². The molecule has 9 nitrogen and oxygen atoms in total. The number of carboxylic acids is 2. The van der Waals surface area contributed by atoms with Crippen molar-refractivity contribution in [3.63, 3.8) is 0 Å². The first-order chi connectivity index (χ1) is 24.8. The number of hydrogen-bond donors (Lipinski definition) is 0. The van der Waals surface area contributed by atoms with Gasteiger partial charge in [0, 0.05) is 44.9 Å². The SMILES string of the molecule is CC(=O)[O-].CC(=O)[O-].[Fe].[N]=O.[N]=O.c1ccc(P(=N[P+](c2ccccc2)(c2ccccc2)c2ccccc2)(c2ccccc2)c2ccccc2)cc1. The van der Waals surface area contributed by atoms with Gasteiger partial charge in [-0.15, -0.1) is 14.3 Å². The molecule has 0 unspecified atom stereocenters. The molecule has 0 heterocycles. The van der Waals surface area contributed by atoms with E-state index in [0.717, 1.165) is 13.8 Å². The van der Waals surface area contributed by atoms with Gasteiger partial charge in [-0.1, -0.05) is 146 Å². The van der Waals surface area contributed by atoms with E-state index in [1.165, 1.54) is 31.8 Å². The van der Waals surface area contributed by atoms with Crippen LogP contribution in [0, 0.1) is 9.81 Å². The number of hydrogen-bond acceptors (Lipinski definition) is 7. The van der Waals surface area contributed by atoms with Crippen LogP contribution in [0.25, 0.3) is 0 Å². The molecular formula is C40H36FeN3O6P2-. The Balaban J connectivity index is 0.000000923. The average Bonchev–Trinajstić information content (AvgIpc) is 3.19. The van der Waals surface area contributed by atoms with E-state index in [-0.39, 0.29) is 17.1 Å². The Morgan fingerprint density at radius 1 is 0.442 bits per heavy atom. The molecule has 266 valence electrons. The molecule has 0 N–H and O–H groups in total. The van der Waals surface area contributed by atoms with E-state index >= 15 is 0 Å². The van der Waals surface area contributed by atoms with Crippen LogP contribution in [0.4, 0.5) is 0 Å². The van der Waals surface area contributed by atoms with Gasteiger partial charge < -0.3 is 19.8 Å². The van der Waals surface area contributed by atoms with E-state index in [9.17, 15) is 0 Å². The van der Waals surface area contributed by atoms with Crippen LogP contribution in [0.2, 0.25) is 0 Å². The predicted octanol–water partition coefficient (Wildman–Crippen LogP) is 3.69. The van der Waals surface area contributed by atoms with Crippen molar-refractivity contribution in [3.05, 3.63) is 192 Å². The normalized spacial score (nSPS) is 9.81. The summed E-state index contributed by atoms with van der Waals surface area (Å²) in [5.41, 5.74) is 11.5. The van der Waals surface area contributed by atoms with E-state index in [2.05, 4.69) is 182 Å². The quantitative estimate of drug-likeness (QED) is 0.177. The Morgan fingerprint density at radius 3 is 0.808 bits per heavy atom. The van der Waals surface area contributed by atoms with Gasteiger partial charge in [-0.2, -0.15) is 0 Å². The van der Waals surface area contributed by atoms with Gasteiger partial charge in [-0.05, 0) is 50.2 Å². The largest absolute Gasteiger partial charge is 0.550 e. The topological polar surface area (TPSA) is 171 Å². The van der Waals surface area contributed by atoms with E-state index < -0.39 is 26.4 Å². The van der Waals surface area contributed by atoms with Crippen LogP contribution in [0.15, 0.2) is 187 Å². The molecule has 0 atom stereocenters. The van der Waals surface area contributed by atoms with Crippen molar-refractivity contribution < 1.29 is 36.9 Å². The van der Waals surface area contributed by atoms with Crippen LogP contribution in [-0.2, 0) is 26.7 Å². The van der Waals surface area contributed by atoms with Crippen molar-refractivity contribution in [2.45, 2.75) is 13.8 Å². The van der Waals surface area contributed by atoms with Gasteiger partial charge >= 0.3 is 0 Å². The zero-order valence-electron chi connectivity index (χ0n) is 28.4. The van der Waals surface area contributed by atoms with Crippen molar-refractivity contribution in [2.75, 3.05) is 0 Å². The standard InChI is InChI=1S/C36H30NP2.2C2H4O2.Fe.2NO/c1-7-19-31(20-8-1)38(32-21-9-2-10-22-32,33-23-11-3-12-24-33)37-39(34-25-13-4-14-26-34,35-27-15-5-16-28-35)36-29-17-6-18-30-36;2*1-2(3)4;;2*1-2/h1-30H;2*1H3,(H,3,4);;;/q+1;;;;;/p-2. The molecule has 0 aliphatic carbocycles. The Morgan fingerprint density at radius 2 is 0.615 bits per heavy atom. The van der Waals surface area contributed by atoms with Crippen molar-refractivity contribution in [1.82, 2.24) is 11.2 Å². The first-order valence-corrected chi connectivity index (χ1v) is 18.9. The Labute approximate surface area is 315 Å². The van der Waals surface area contributed by atoms with Gasteiger partial charge in [-0.3, -0.25) is 0 Å². The maximum atomic E-state index is 8.89. The van der Waals surface area contributed by atoms with Crippen LogP contribution >= 0.6 is 14.5 Å². The molecule has 0 fully saturated rings. The molecule has 52 heavy (non-hydrogen) atoms. The van der Waals surface area contributed by atoms with Crippen LogP contribution in [0.3, 0.4) is 0 Å². The summed E-state index contributed by atoms with van der Waals surface area (Å²) >= 11 is 0. The Kier molecular flexibility index (Phi) is 20.6. The average molecular weight is 773 g/mol. The second kappa shape index (κ2) is 23.9. The fourth-order valence-electron chi connectivity index (χ4n) is 5.27. The summed E-state index contributed by atoms with van der Waals surface area (Å²) < 4.78 is 6.38. The summed E-state index contributed by atoms with van der Waals surface area (Å²) in [5, 5.41) is 25.3. The number of carbonyl (C=O) groups excluding carboxylic acids is 2. The van der Waals surface area contributed by atoms with Gasteiger partial charge in [0.1, 0.15) is 34.2 Å².